The van der Waals surface area contributed by atoms with Crippen molar-refractivity contribution in [2.75, 3.05) is 26.7 Å². The first-order valence-electron chi connectivity index (χ1n) is 15.6. The molecule has 7 nitrogen and oxygen atoms in total. The zero-order valence-corrected chi connectivity index (χ0v) is 26.9. The topological polar surface area (TPSA) is 88.1 Å². The minimum atomic E-state index is -0.495. The minimum absolute atomic E-state index is 0.104. The third-order valence-electron chi connectivity index (χ3n) is 7.18. The lowest BCUT2D eigenvalue weighted by Crippen LogP contribution is -2.33. The van der Waals surface area contributed by atoms with Gasteiger partial charge in [-0.2, -0.15) is 0 Å². The van der Waals surface area contributed by atoms with Crippen LogP contribution >= 0.6 is 0 Å². The van der Waals surface area contributed by atoms with Crippen LogP contribution in [0.25, 0.3) is 11.1 Å². The van der Waals surface area contributed by atoms with E-state index in [0.29, 0.717) is 26.1 Å². The van der Waals surface area contributed by atoms with E-state index >= 15 is 0 Å². The molecule has 236 valence electrons. The summed E-state index contributed by atoms with van der Waals surface area (Å²) in [6, 6.07) is 25.8. The van der Waals surface area contributed by atoms with E-state index in [0.717, 1.165) is 54.6 Å². The number of aromatic hydroxyl groups is 1. The van der Waals surface area contributed by atoms with Gasteiger partial charge in [0.1, 0.15) is 23.7 Å². The van der Waals surface area contributed by atoms with E-state index < -0.39 is 11.7 Å². The van der Waals surface area contributed by atoms with Crippen LogP contribution in [0.2, 0.25) is 0 Å². The maximum absolute atomic E-state index is 12.6. The molecule has 2 N–H and O–H groups in total. The van der Waals surface area contributed by atoms with E-state index in [2.05, 4.69) is 36.5 Å². The summed E-state index contributed by atoms with van der Waals surface area (Å²) in [5, 5.41) is 12.6. The maximum atomic E-state index is 12.6. The highest BCUT2D eigenvalue weighted by Crippen LogP contribution is 2.35. The zero-order chi connectivity index (χ0) is 32.0. The number of allylic oxidation sites excluding steroid dienone is 1. The fraction of sp³-hybridized carbons (Fsp3) is 0.405. The Morgan fingerprint density at radius 3 is 2.05 bits per heavy atom. The number of nitrogens with zero attached hydrogens (tertiary/aromatic N) is 1. The second kappa shape index (κ2) is 17.1. The molecule has 0 aliphatic rings. The number of phenols is 1. The van der Waals surface area contributed by atoms with Gasteiger partial charge in [0.15, 0.2) is 0 Å². The number of nitrogens with one attached hydrogen (secondary N) is 1. The van der Waals surface area contributed by atoms with Crippen LogP contribution < -0.4 is 10.1 Å². The largest absolute Gasteiger partial charge is 0.508 e. The molecule has 0 radical (unpaired) electrons. The van der Waals surface area contributed by atoms with Gasteiger partial charge in [-0.05, 0) is 92.1 Å². The van der Waals surface area contributed by atoms with Crippen LogP contribution in [0.4, 0.5) is 4.79 Å². The molecule has 0 fully saturated rings. The Hall–Kier alpha value is -4.26. The smallest absolute Gasteiger partial charge is 0.407 e. The number of alkyl carbamates (subject to hydrolysis) is 1. The van der Waals surface area contributed by atoms with Gasteiger partial charge in [0.25, 0.3) is 0 Å². The Morgan fingerprint density at radius 1 is 0.818 bits per heavy atom. The Labute approximate surface area is 262 Å². The molecule has 0 saturated carbocycles. The third kappa shape index (κ3) is 11.4. The lowest BCUT2D eigenvalue weighted by molar-refractivity contribution is -0.130. The van der Waals surface area contributed by atoms with Crippen molar-refractivity contribution in [1.82, 2.24) is 10.2 Å². The van der Waals surface area contributed by atoms with E-state index in [-0.39, 0.29) is 11.7 Å². The van der Waals surface area contributed by atoms with Crippen molar-refractivity contribution in [2.24, 2.45) is 0 Å². The van der Waals surface area contributed by atoms with Crippen LogP contribution in [-0.4, -0.2) is 54.4 Å². The standard InChI is InChI=1S/C37H48N2O5/c1-6-33(28-14-10-9-11-15-28)35(29-17-21-31(40)22-18-29)30-19-23-32(24-20-30)43-27-26-39(5)34(41)16-12-7-8-13-25-38-36(42)44-37(2,3)4/h9-11,14-15,17-24,40H,6-8,12-13,16,25-27H2,1-5H3,(H,38,42). The molecular formula is C37H48N2O5. The van der Waals surface area contributed by atoms with Gasteiger partial charge in [0.05, 0.1) is 6.54 Å². The second-order valence-corrected chi connectivity index (χ2v) is 11.9. The van der Waals surface area contributed by atoms with Gasteiger partial charge in [-0.25, -0.2) is 4.79 Å². The number of amides is 2. The molecule has 0 saturated heterocycles. The molecule has 0 spiro atoms. The van der Waals surface area contributed by atoms with E-state index in [9.17, 15) is 14.7 Å². The zero-order valence-electron chi connectivity index (χ0n) is 26.9. The van der Waals surface area contributed by atoms with Crippen LogP contribution in [-0.2, 0) is 9.53 Å². The number of carbonyl (C=O) groups excluding carboxylic acids is 2. The monoisotopic (exact) mass is 600 g/mol. The molecule has 2 amide bonds. The number of hydrogen-bond acceptors (Lipinski definition) is 5. The molecule has 3 aromatic carbocycles. The van der Waals surface area contributed by atoms with E-state index in [1.807, 2.05) is 70.3 Å². The quantitative estimate of drug-likeness (QED) is 0.136. The van der Waals surface area contributed by atoms with E-state index in [1.54, 1.807) is 17.0 Å². The predicted octanol–water partition coefficient (Wildman–Crippen LogP) is 8.07. The second-order valence-electron chi connectivity index (χ2n) is 11.9. The molecule has 44 heavy (non-hydrogen) atoms. The van der Waals surface area contributed by atoms with Crippen molar-refractivity contribution in [1.29, 1.82) is 0 Å². The summed E-state index contributed by atoms with van der Waals surface area (Å²) in [4.78, 5) is 26.0. The summed E-state index contributed by atoms with van der Waals surface area (Å²) in [6.45, 7) is 9.16. The number of likely N-dealkylation sites (N-methyl/N-ethyl adjacent to an activating group) is 1. The number of carbonyl (C=O) groups is 2. The number of ether oxygens (including phenoxy) is 2. The van der Waals surface area contributed by atoms with Crippen molar-refractivity contribution >= 4 is 23.1 Å². The number of benzene rings is 3. The molecule has 0 unspecified atom stereocenters. The summed E-state index contributed by atoms with van der Waals surface area (Å²) >= 11 is 0. The first-order chi connectivity index (χ1) is 21.1. The van der Waals surface area contributed by atoms with E-state index in [4.69, 9.17) is 9.47 Å². The van der Waals surface area contributed by atoms with Crippen molar-refractivity contribution in [3.63, 3.8) is 0 Å². The van der Waals surface area contributed by atoms with E-state index in [1.165, 1.54) is 11.1 Å². The normalized spacial score (nSPS) is 11.8. The molecular weight excluding hydrogens is 552 g/mol. The molecule has 0 bridgehead atoms. The molecule has 0 aliphatic heterocycles. The summed E-state index contributed by atoms with van der Waals surface area (Å²) in [7, 11) is 1.81. The fourth-order valence-corrected chi connectivity index (χ4v) is 4.90. The first kappa shape index (κ1) is 34.2. The molecule has 0 heterocycles. The summed E-state index contributed by atoms with van der Waals surface area (Å²) in [5.41, 5.74) is 5.12. The van der Waals surface area contributed by atoms with Gasteiger partial charge >= 0.3 is 6.09 Å². The molecule has 0 aromatic heterocycles. The Morgan fingerprint density at radius 2 is 1.43 bits per heavy atom. The Balaban J connectivity index is 1.47. The van der Waals surface area contributed by atoms with Crippen LogP contribution in [0.3, 0.4) is 0 Å². The molecule has 0 atom stereocenters. The number of unbranched alkanes of at least 4 members (excludes halogenated alkanes) is 3. The summed E-state index contributed by atoms with van der Waals surface area (Å²) in [6.07, 6.45) is 4.51. The third-order valence-corrected chi connectivity index (χ3v) is 7.18. The number of rotatable bonds is 15. The minimum Gasteiger partial charge on any atom is -0.508 e. The fourth-order valence-electron chi connectivity index (χ4n) is 4.90. The highest BCUT2D eigenvalue weighted by molar-refractivity contribution is 5.98. The van der Waals surface area contributed by atoms with Crippen molar-refractivity contribution < 1.29 is 24.2 Å². The Kier molecular flexibility index (Phi) is 13.3. The van der Waals surface area contributed by atoms with Crippen molar-refractivity contribution in [3.05, 3.63) is 95.6 Å². The van der Waals surface area contributed by atoms with Crippen molar-refractivity contribution in [2.45, 2.75) is 71.8 Å². The summed E-state index contributed by atoms with van der Waals surface area (Å²) in [5.74, 6) is 1.09. The van der Waals surface area contributed by atoms with Gasteiger partial charge in [-0.15, -0.1) is 0 Å². The van der Waals surface area contributed by atoms with Gasteiger partial charge < -0.3 is 24.8 Å². The highest BCUT2D eigenvalue weighted by Gasteiger charge is 2.16. The average molecular weight is 601 g/mol. The van der Waals surface area contributed by atoms with Gasteiger partial charge in [0, 0.05) is 20.0 Å². The molecule has 3 rings (SSSR count). The van der Waals surface area contributed by atoms with Crippen LogP contribution in [0.5, 0.6) is 11.5 Å². The lowest BCUT2D eigenvalue weighted by atomic mass is 9.88. The maximum Gasteiger partial charge on any atom is 0.407 e. The number of hydrogen-bond donors (Lipinski definition) is 2. The van der Waals surface area contributed by atoms with Crippen LogP contribution in [0, 0.1) is 0 Å². The van der Waals surface area contributed by atoms with Crippen molar-refractivity contribution in [3.8, 4) is 11.5 Å². The number of phenolic OH excluding ortho intramolecular Hbond substituents is 1. The summed E-state index contributed by atoms with van der Waals surface area (Å²) < 4.78 is 11.2. The van der Waals surface area contributed by atoms with Gasteiger partial charge in [0.2, 0.25) is 5.91 Å². The van der Waals surface area contributed by atoms with Gasteiger partial charge in [-0.3, -0.25) is 4.79 Å². The Bertz CT molecular complexity index is 1340. The SMILES string of the molecule is CCC(=C(c1ccc(O)cc1)c1ccc(OCCN(C)C(=O)CCCCCCNC(=O)OC(C)(C)C)cc1)c1ccccc1. The first-order valence-corrected chi connectivity index (χ1v) is 15.6. The molecule has 0 aliphatic carbocycles. The molecule has 7 heteroatoms. The predicted molar refractivity (Wildman–Crippen MR) is 178 cm³/mol. The average Bonchev–Trinajstić information content (AvgIpc) is 3.00. The van der Waals surface area contributed by atoms with Crippen LogP contribution in [0.1, 0.15) is 82.9 Å². The highest BCUT2D eigenvalue weighted by atomic mass is 16.6. The van der Waals surface area contributed by atoms with Gasteiger partial charge in [-0.1, -0.05) is 74.4 Å². The lowest BCUT2D eigenvalue weighted by Gasteiger charge is -2.19. The molecule has 3 aromatic rings. The van der Waals surface area contributed by atoms with Crippen LogP contribution in [0.15, 0.2) is 78.9 Å².